The molecular weight excluding hydrogens is 346 g/mol. The van der Waals surface area contributed by atoms with Crippen LogP contribution >= 0.6 is 11.3 Å². The Morgan fingerprint density at radius 3 is 2.67 bits per heavy atom. The summed E-state index contributed by atoms with van der Waals surface area (Å²) in [6.45, 7) is 8.47. The van der Waals surface area contributed by atoms with Crippen LogP contribution < -0.4 is 10.0 Å². The van der Waals surface area contributed by atoms with E-state index >= 15 is 0 Å². The number of rotatable bonds is 7. The van der Waals surface area contributed by atoms with E-state index in [0.29, 0.717) is 13.1 Å². The molecule has 0 saturated carbocycles. The number of aliphatic imine (C=N–C) groups is 1. The van der Waals surface area contributed by atoms with E-state index in [4.69, 9.17) is 0 Å². The van der Waals surface area contributed by atoms with Gasteiger partial charge in [-0.1, -0.05) is 6.07 Å². The molecule has 7 nitrogen and oxygen atoms in total. The van der Waals surface area contributed by atoms with Crippen molar-refractivity contribution in [3.63, 3.8) is 0 Å². The molecule has 1 saturated heterocycles. The predicted octanol–water partition coefficient (Wildman–Crippen LogP) is 0.380. The van der Waals surface area contributed by atoms with Gasteiger partial charge < -0.3 is 10.2 Å². The van der Waals surface area contributed by atoms with Crippen LogP contribution in [0.3, 0.4) is 0 Å². The fourth-order valence-electron chi connectivity index (χ4n) is 2.56. The Morgan fingerprint density at radius 1 is 1.33 bits per heavy atom. The Labute approximate surface area is 148 Å². The smallest absolute Gasteiger partial charge is 0.208 e. The summed E-state index contributed by atoms with van der Waals surface area (Å²) >= 11 is 1.80. The number of thiophene rings is 1. The van der Waals surface area contributed by atoms with Crippen molar-refractivity contribution >= 4 is 27.3 Å². The molecule has 0 aliphatic carbocycles. The normalized spacial score (nSPS) is 17.2. The van der Waals surface area contributed by atoms with Gasteiger partial charge in [0.05, 0.1) is 12.8 Å². The Hall–Kier alpha value is -1.16. The second-order valence-corrected chi connectivity index (χ2v) is 8.61. The third-order valence-electron chi connectivity index (χ3n) is 3.70. The molecule has 0 amide bonds. The first-order valence-electron chi connectivity index (χ1n) is 8.20. The van der Waals surface area contributed by atoms with E-state index in [9.17, 15) is 8.42 Å². The molecule has 0 radical (unpaired) electrons. The summed E-state index contributed by atoms with van der Waals surface area (Å²) < 4.78 is 24.6. The number of hydrogen-bond acceptors (Lipinski definition) is 5. The van der Waals surface area contributed by atoms with Crippen LogP contribution in [-0.2, 0) is 16.6 Å². The Kier molecular flexibility index (Phi) is 7.47. The highest BCUT2D eigenvalue weighted by Crippen LogP contribution is 2.13. The topological polar surface area (TPSA) is 77.0 Å². The lowest BCUT2D eigenvalue weighted by molar-refractivity contribution is 0.173. The third kappa shape index (κ3) is 6.76. The van der Waals surface area contributed by atoms with Crippen LogP contribution in [0.15, 0.2) is 22.5 Å². The molecule has 0 unspecified atom stereocenters. The number of hydrogen-bond donors (Lipinski definition) is 2. The van der Waals surface area contributed by atoms with Gasteiger partial charge in [0.2, 0.25) is 10.0 Å². The lowest BCUT2D eigenvalue weighted by atomic mass is 10.3. The zero-order chi connectivity index (χ0) is 17.4. The van der Waals surface area contributed by atoms with Crippen LogP contribution in [0, 0.1) is 0 Å². The molecule has 136 valence electrons. The molecule has 0 aromatic carbocycles. The molecule has 2 heterocycles. The van der Waals surface area contributed by atoms with Crippen molar-refractivity contribution in [2.45, 2.75) is 13.5 Å². The molecule has 1 aromatic heterocycles. The monoisotopic (exact) mass is 373 g/mol. The van der Waals surface area contributed by atoms with E-state index in [0.717, 1.165) is 51.5 Å². The summed E-state index contributed by atoms with van der Waals surface area (Å²) in [6.07, 6.45) is 1.16. The van der Waals surface area contributed by atoms with Crippen molar-refractivity contribution in [1.29, 1.82) is 0 Å². The molecule has 0 spiro atoms. The highest BCUT2D eigenvalue weighted by Gasteiger charge is 2.19. The van der Waals surface area contributed by atoms with Crippen molar-refractivity contribution in [3.8, 4) is 0 Å². The minimum Gasteiger partial charge on any atom is -0.357 e. The number of guanidine groups is 1. The van der Waals surface area contributed by atoms with Gasteiger partial charge in [-0.2, -0.15) is 0 Å². The van der Waals surface area contributed by atoms with Gasteiger partial charge in [-0.25, -0.2) is 13.1 Å². The number of piperazine rings is 1. The molecule has 24 heavy (non-hydrogen) atoms. The van der Waals surface area contributed by atoms with Gasteiger partial charge in [0.25, 0.3) is 0 Å². The zero-order valence-corrected chi connectivity index (χ0v) is 16.0. The van der Waals surface area contributed by atoms with E-state index < -0.39 is 10.0 Å². The molecule has 1 fully saturated rings. The van der Waals surface area contributed by atoms with Crippen LogP contribution in [-0.4, -0.2) is 76.2 Å². The fourth-order valence-corrected chi connectivity index (χ4v) is 3.77. The standard InChI is InChI=1S/C15H27N5O2S2/c1-3-16-15(17-6-7-18-24(2,21)22)20-10-8-19(9-11-20)13-14-5-4-12-23-14/h4-5,12,18H,3,6-11,13H2,1-2H3,(H,16,17). The first kappa shape index (κ1) is 19.2. The van der Waals surface area contributed by atoms with Gasteiger partial charge in [-0.05, 0) is 18.4 Å². The van der Waals surface area contributed by atoms with Gasteiger partial charge in [-0.15, -0.1) is 11.3 Å². The van der Waals surface area contributed by atoms with Crippen LogP contribution in [0.4, 0.5) is 0 Å². The first-order valence-corrected chi connectivity index (χ1v) is 11.0. The lowest BCUT2D eigenvalue weighted by Gasteiger charge is -2.36. The Bertz CT molecular complexity index is 608. The average molecular weight is 374 g/mol. The minimum absolute atomic E-state index is 0.325. The summed E-state index contributed by atoms with van der Waals surface area (Å²) in [5.41, 5.74) is 0. The number of nitrogens with one attached hydrogen (secondary N) is 2. The number of nitrogens with zero attached hydrogens (tertiary/aromatic N) is 3. The Balaban J connectivity index is 1.81. The molecule has 9 heteroatoms. The molecule has 1 aliphatic rings. The zero-order valence-electron chi connectivity index (χ0n) is 14.4. The third-order valence-corrected chi connectivity index (χ3v) is 5.29. The summed E-state index contributed by atoms with van der Waals surface area (Å²) in [4.78, 5) is 10.6. The van der Waals surface area contributed by atoms with E-state index in [-0.39, 0.29) is 0 Å². The maximum atomic E-state index is 11.1. The molecule has 2 rings (SSSR count). The molecule has 0 bridgehead atoms. The SMILES string of the molecule is CCNC(=NCCNS(C)(=O)=O)N1CCN(Cc2cccs2)CC1. The van der Waals surface area contributed by atoms with Gasteiger partial charge in [0.15, 0.2) is 5.96 Å². The average Bonchev–Trinajstić information content (AvgIpc) is 3.03. The molecule has 0 atom stereocenters. The van der Waals surface area contributed by atoms with E-state index in [1.54, 1.807) is 11.3 Å². The summed E-state index contributed by atoms with van der Waals surface area (Å²) in [6, 6.07) is 4.27. The minimum atomic E-state index is -3.15. The fraction of sp³-hybridized carbons (Fsp3) is 0.667. The summed E-state index contributed by atoms with van der Waals surface area (Å²) in [5.74, 6) is 0.864. The van der Waals surface area contributed by atoms with Gasteiger partial charge in [0, 0.05) is 50.7 Å². The van der Waals surface area contributed by atoms with Gasteiger partial charge >= 0.3 is 0 Å². The summed E-state index contributed by atoms with van der Waals surface area (Å²) in [7, 11) is -3.15. The molecule has 2 N–H and O–H groups in total. The second-order valence-electron chi connectivity index (χ2n) is 5.74. The molecule has 1 aromatic rings. The molecular formula is C15H27N5O2S2. The van der Waals surface area contributed by atoms with Crippen molar-refractivity contribution in [1.82, 2.24) is 19.8 Å². The van der Waals surface area contributed by atoms with Crippen LogP contribution in [0.25, 0.3) is 0 Å². The van der Waals surface area contributed by atoms with Crippen LogP contribution in [0.2, 0.25) is 0 Å². The van der Waals surface area contributed by atoms with Crippen molar-refractivity contribution in [3.05, 3.63) is 22.4 Å². The van der Waals surface area contributed by atoms with E-state index in [1.807, 2.05) is 6.92 Å². The summed E-state index contributed by atoms with van der Waals surface area (Å²) in [5, 5.41) is 5.41. The highest BCUT2D eigenvalue weighted by molar-refractivity contribution is 7.88. The maximum Gasteiger partial charge on any atom is 0.208 e. The van der Waals surface area contributed by atoms with Crippen molar-refractivity contribution < 1.29 is 8.42 Å². The lowest BCUT2D eigenvalue weighted by Crippen LogP contribution is -2.52. The molecule has 1 aliphatic heterocycles. The second kappa shape index (κ2) is 9.36. The van der Waals surface area contributed by atoms with E-state index in [2.05, 4.69) is 42.3 Å². The number of sulfonamides is 1. The highest BCUT2D eigenvalue weighted by atomic mass is 32.2. The Morgan fingerprint density at radius 2 is 2.08 bits per heavy atom. The maximum absolute atomic E-state index is 11.1. The first-order chi connectivity index (χ1) is 11.5. The van der Waals surface area contributed by atoms with Gasteiger partial charge in [-0.3, -0.25) is 9.89 Å². The predicted molar refractivity (Wildman–Crippen MR) is 100.0 cm³/mol. The van der Waals surface area contributed by atoms with Crippen LogP contribution in [0.1, 0.15) is 11.8 Å². The van der Waals surface area contributed by atoms with Crippen molar-refractivity contribution in [2.24, 2.45) is 4.99 Å². The van der Waals surface area contributed by atoms with Crippen LogP contribution in [0.5, 0.6) is 0 Å². The van der Waals surface area contributed by atoms with E-state index in [1.165, 1.54) is 4.88 Å². The largest absolute Gasteiger partial charge is 0.357 e. The van der Waals surface area contributed by atoms with Gasteiger partial charge in [0.1, 0.15) is 0 Å². The van der Waals surface area contributed by atoms with Crippen molar-refractivity contribution in [2.75, 3.05) is 52.1 Å². The quantitative estimate of drug-likeness (QED) is 0.411.